The molecule has 192 valence electrons. The summed E-state index contributed by atoms with van der Waals surface area (Å²) in [5.41, 5.74) is -1.42. The second-order valence-corrected chi connectivity index (χ2v) is 13.2. The topological polar surface area (TPSA) is 98.5 Å². The number of rotatable bonds is 2. The lowest BCUT2D eigenvalue weighted by Gasteiger charge is -2.70. The number of carbonyl (C=O) groups excluding carboxylic acids is 2. The fourth-order valence-corrected chi connectivity index (χ4v) is 9.88. The molecule has 0 aromatic carbocycles. The van der Waals surface area contributed by atoms with Gasteiger partial charge < -0.3 is 23.7 Å². The van der Waals surface area contributed by atoms with Crippen LogP contribution < -0.4 is 0 Å². The number of hydrogen-bond donors (Lipinski definition) is 1. The molecule has 7 heteroatoms. The van der Waals surface area contributed by atoms with Gasteiger partial charge in [0.2, 0.25) is 0 Å². The zero-order valence-electron chi connectivity index (χ0n) is 21.6. The smallest absolute Gasteiger partial charge is 0.339 e. The van der Waals surface area contributed by atoms with E-state index in [1.54, 1.807) is 12.5 Å². The maximum Gasteiger partial charge on any atom is 0.339 e. The number of fused-ring (bicyclic) bond motifs is 3. The van der Waals surface area contributed by atoms with Crippen LogP contribution in [-0.2, 0) is 23.8 Å². The molecule has 7 nitrogen and oxygen atoms in total. The molecular weight excluding hydrogens is 448 g/mol. The van der Waals surface area contributed by atoms with Crippen molar-refractivity contribution in [1.82, 2.24) is 0 Å². The van der Waals surface area contributed by atoms with Crippen molar-refractivity contribution in [3.8, 4) is 0 Å². The Hall–Kier alpha value is -1.86. The summed E-state index contributed by atoms with van der Waals surface area (Å²) < 4.78 is 24.1. The molecule has 0 amide bonds. The van der Waals surface area contributed by atoms with E-state index in [2.05, 4.69) is 34.6 Å². The fraction of sp³-hybridized carbons (Fsp3) is 0.786. The van der Waals surface area contributed by atoms with Crippen molar-refractivity contribution in [2.45, 2.75) is 104 Å². The maximum absolute atomic E-state index is 13.3. The summed E-state index contributed by atoms with van der Waals surface area (Å²) in [5.74, 6) is -0.319. The van der Waals surface area contributed by atoms with E-state index in [9.17, 15) is 14.7 Å². The van der Waals surface area contributed by atoms with Gasteiger partial charge in [-0.15, -0.1) is 0 Å². The van der Waals surface area contributed by atoms with Gasteiger partial charge in [-0.2, -0.15) is 0 Å². The van der Waals surface area contributed by atoms with E-state index in [1.165, 1.54) is 6.92 Å². The van der Waals surface area contributed by atoms with Crippen LogP contribution in [0, 0.1) is 33.5 Å². The zero-order chi connectivity index (χ0) is 25.2. The molecule has 10 atom stereocenters. The number of furan rings is 1. The van der Waals surface area contributed by atoms with Gasteiger partial charge in [0, 0.05) is 23.3 Å². The predicted octanol–water partition coefficient (Wildman–Crippen LogP) is 4.58. The molecule has 1 aromatic rings. The van der Waals surface area contributed by atoms with Crippen LogP contribution in [0.15, 0.2) is 23.0 Å². The first-order valence-electron chi connectivity index (χ1n) is 13.1. The van der Waals surface area contributed by atoms with Crippen LogP contribution in [0.4, 0.5) is 0 Å². The van der Waals surface area contributed by atoms with E-state index in [0.717, 1.165) is 31.2 Å². The molecular formula is C28H38O7. The third kappa shape index (κ3) is 2.59. The van der Waals surface area contributed by atoms with Crippen molar-refractivity contribution >= 4 is 11.9 Å². The summed E-state index contributed by atoms with van der Waals surface area (Å²) in [4.78, 5) is 25.7. The normalized spacial score (nSPS) is 51.7. The maximum atomic E-state index is 13.3. The van der Waals surface area contributed by atoms with Crippen molar-refractivity contribution in [2.75, 3.05) is 0 Å². The molecule has 6 rings (SSSR count). The van der Waals surface area contributed by atoms with Gasteiger partial charge in [-0.1, -0.05) is 34.6 Å². The van der Waals surface area contributed by atoms with Crippen LogP contribution in [0.5, 0.6) is 0 Å². The lowest BCUT2D eigenvalue weighted by atomic mass is 9.34. The average Bonchev–Trinajstić information content (AvgIpc) is 3.35. The van der Waals surface area contributed by atoms with Crippen LogP contribution in [0.3, 0.4) is 0 Å². The van der Waals surface area contributed by atoms with Crippen molar-refractivity contribution in [3.63, 3.8) is 0 Å². The predicted molar refractivity (Wildman–Crippen MR) is 125 cm³/mol. The van der Waals surface area contributed by atoms with Gasteiger partial charge in [-0.25, -0.2) is 4.79 Å². The summed E-state index contributed by atoms with van der Waals surface area (Å²) in [6, 6.07) is 1.86. The molecule has 2 aliphatic heterocycles. The minimum absolute atomic E-state index is 0.0762. The molecule has 5 aliphatic rings. The van der Waals surface area contributed by atoms with Gasteiger partial charge in [0.05, 0.1) is 18.6 Å². The van der Waals surface area contributed by atoms with E-state index >= 15 is 0 Å². The van der Waals surface area contributed by atoms with E-state index in [0.29, 0.717) is 6.42 Å². The monoisotopic (exact) mass is 486 g/mol. The molecule has 1 unspecified atom stereocenters. The van der Waals surface area contributed by atoms with E-state index < -0.39 is 40.8 Å². The van der Waals surface area contributed by atoms with Crippen molar-refractivity contribution in [2.24, 2.45) is 33.5 Å². The molecule has 3 heterocycles. The Morgan fingerprint density at radius 1 is 1.09 bits per heavy atom. The highest BCUT2D eigenvalue weighted by atomic mass is 16.7. The third-order valence-corrected chi connectivity index (χ3v) is 11.5. The SMILES string of the molecule is CC(=O)O[C@H]1C[C@H]2C(C)(C)[C@@H](O)CC[C@]2(C)C2CC[C@@]3(C)[C@H](c4ccoc4)OC(=O)[C@H]4O[C@]43[C@@]21C. The Kier molecular flexibility index (Phi) is 4.65. The Balaban J connectivity index is 1.53. The van der Waals surface area contributed by atoms with Gasteiger partial charge in [-0.05, 0) is 60.8 Å². The Morgan fingerprint density at radius 3 is 2.49 bits per heavy atom. The van der Waals surface area contributed by atoms with Gasteiger partial charge in [0.1, 0.15) is 17.8 Å². The van der Waals surface area contributed by atoms with Crippen LogP contribution in [-0.4, -0.2) is 41.0 Å². The van der Waals surface area contributed by atoms with Crippen molar-refractivity contribution < 1.29 is 33.3 Å². The molecule has 35 heavy (non-hydrogen) atoms. The Labute approximate surface area is 206 Å². The lowest BCUT2D eigenvalue weighted by Crippen LogP contribution is -2.73. The van der Waals surface area contributed by atoms with E-state index in [-0.39, 0.29) is 34.6 Å². The number of aliphatic hydroxyl groups excluding tert-OH is 1. The number of ether oxygens (including phenoxy) is 3. The fourth-order valence-electron chi connectivity index (χ4n) is 9.88. The summed E-state index contributed by atoms with van der Waals surface area (Å²) in [6.45, 7) is 12.5. The molecule has 0 bridgehead atoms. The van der Waals surface area contributed by atoms with Crippen molar-refractivity contribution in [3.05, 3.63) is 24.2 Å². The number of carbonyl (C=O) groups is 2. The minimum Gasteiger partial charge on any atom is -0.472 e. The molecule has 1 spiro atoms. The van der Waals surface area contributed by atoms with Crippen LogP contribution >= 0.6 is 0 Å². The largest absolute Gasteiger partial charge is 0.472 e. The summed E-state index contributed by atoms with van der Waals surface area (Å²) in [7, 11) is 0. The molecule has 1 N–H and O–H groups in total. The number of hydrogen-bond acceptors (Lipinski definition) is 7. The van der Waals surface area contributed by atoms with Gasteiger partial charge >= 0.3 is 11.9 Å². The zero-order valence-corrected chi connectivity index (χ0v) is 21.6. The highest BCUT2D eigenvalue weighted by molar-refractivity contribution is 5.82. The van der Waals surface area contributed by atoms with Crippen LogP contribution in [0.25, 0.3) is 0 Å². The van der Waals surface area contributed by atoms with E-state index in [4.69, 9.17) is 18.6 Å². The number of esters is 2. The summed E-state index contributed by atoms with van der Waals surface area (Å²) in [5, 5.41) is 11.0. The summed E-state index contributed by atoms with van der Waals surface area (Å²) >= 11 is 0. The molecule has 1 aromatic heterocycles. The molecule has 3 saturated carbocycles. The van der Waals surface area contributed by atoms with Crippen LogP contribution in [0.2, 0.25) is 0 Å². The van der Waals surface area contributed by atoms with Gasteiger partial charge in [-0.3, -0.25) is 4.79 Å². The minimum atomic E-state index is -0.797. The van der Waals surface area contributed by atoms with E-state index in [1.807, 2.05) is 6.07 Å². The Morgan fingerprint density at radius 2 is 1.83 bits per heavy atom. The lowest BCUT2D eigenvalue weighted by molar-refractivity contribution is -0.275. The second-order valence-electron chi connectivity index (χ2n) is 13.2. The number of aliphatic hydroxyl groups is 1. The van der Waals surface area contributed by atoms with Gasteiger partial charge in [0.15, 0.2) is 6.10 Å². The highest BCUT2D eigenvalue weighted by Crippen LogP contribution is 2.80. The summed E-state index contributed by atoms with van der Waals surface area (Å²) in [6.07, 6.45) is 5.33. The first kappa shape index (κ1) is 23.5. The molecule has 5 fully saturated rings. The Bertz CT molecular complexity index is 1060. The second kappa shape index (κ2) is 6.91. The highest BCUT2D eigenvalue weighted by Gasteiger charge is 2.88. The van der Waals surface area contributed by atoms with Crippen molar-refractivity contribution in [1.29, 1.82) is 0 Å². The number of epoxide rings is 1. The molecule has 3 aliphatic carbocycles. The first-order valence-corrected chi connectivity index (χ1v) is 13.1. The quantitative estimate of drug-likeness (QED) is 0.483. The first-order chi connectivity index (χ1) is 16.3. The standard InChI is InChI=1S/C28H38O7/c1-15(29)33-20-13-18-24(2,3)19(30)8-10-25(18,4)17-7-11-26(5)21(16-9-12-32-14-16)34-23(31)22-28(26,35-22)27(17,20)6/h9,12,14,17-22,30H,7-8,10-11,13H2,1-6H3/t17?,18-,19-,20-,21-,22+,25+,26-,27-,28+/m0/s1. The number of cyclic esters (lactones) is 1. The average molecular weight is 487 g/mol. The third-order valence-electron chi connectivity index (χ3n) is 11.5. The molecule has 2 saturated heterocycles. The molecule has 0 radical (unpaired) electrons. The van der Waals surface area contributed by atoms with Crippen LogP contribution in [0.1, 0.15) is 85.3 Å². The van der Waals surface area contributed by atoms with Gasteiger partial charge in [0.25, 0.3) is 0 Å².